The third-order valence-electron chi connectivity index (χ3n) is 5.40. The zero-order valence-corrected chi connectivity index (χ0v) is 16.4. The van der Waals surface area contributed by atoms with Crippen LogP contribution in [-0.2, 0) is 11.3 Å². The van der Waals surface area contributed by atoms with Gasteiger partial charge in [-0.15, -0.1) is 10.2 Å². The lowest BCUT2D eigenvalue weighted by Crippen LogP contribution is -2.43. The molecule has 1 atom stereocenters. The molecule has 1 amide bonds. The van der Waals surface area contributed by atoms with Crippen molar-refractivity contribution in [3.05, 3.63) is 54.4 Å². The Kier molecular flexibility index (Phi) is 4.92. The fourth-order valence-corrected chi connectivity index (χ4v) is 3.80. The van der Waals surface area contributed by atoms with Crippen molar-refractivity contribution in [1.82, 2.24) is 25.3 Å². The van der Waals surface area contributed by atoms with E-state index in [1.807, 2.05) is 42.6 Å². The van der Waals surface area contributed by atoms with Crippen molar-refractivity contribution in [1.29, 1.82) is 0 Å². The van der Waals surface area contributed by atoms with E-state index in [4.69, 9.17) is 9.47 Å². The molecule has 1 aromatic carbocycles. The summed E-state index contributed by atoms with van der Waals surface area (Å²) in [6.07, 6.45) is 5.32. The Morgan fingerprint density at radius 2 is 2.00 bits per heavy atom. The number of hydrogen-bond donors (Lipinski definition) is 1. The molecule has 2 aliphatic rings. The summed E-state index contributed by atoms with van der Waals surface area (Å²) in [5.41, 5.74) is 0.986. The highest BCUT2D eigenvalue weighted by Crippen LogP contribution is 2.32. The molecule has 0 aliphatic carbocycles. The van der Waals surface area contributed by atoms with Crippen molar-refractivity contribution >= 4 is 11.7 Å². The lowest BCUT2D eigenvalue weighted by molar-refractivity contribution is -0.125. The summed E-state index contributed by atoms with van der Waals surface area (Å²) in [4.78, 5) is 14.9. The van der Waals surface area contributed by atoms with E-state index in [0.29, 0.717) is 18.9 Å². The van der Waals surface area contributed by atoms with Crippen molar-refractivity contribution < 1.29 is 14.3 Å². The Hall–Kier alpha value is -3.62. The van der Waals surface area contributed by atoms with Gasteiger partial charge in [-0.1, -0.05) is 6.07 Å². The van der Waals surface area contributed by atoms with Crippen LogP contribution in [0.1, 0.15) is 18.4 Å². The van der Waals surface area contributed by atoms with Crippen molar-refractivity contribution in [3.63, 3.8) is 0 Å². The van der Waals surface area contributed by atoms with Crippen LogP contribution in [0.5, 0.6) is 11.5 Å². The van der Waals surface area contributed by atoms with Gasteiger partial charge in [-0.2, -0.15) is 5.10 Å². The van der Waals surface area contributed by atoms with E-state index in [1.54, 1.807) is 10.9 Å². The van der Waals surface area contributed by atoms with Gasteiger partial charge in [0.05, 0.1) is 5.92 Å². The molecule has 30 heavy (non-hydrogen) atoms. The number of fused-ring (bicyclic) bond motifs is 1. The van der Waals surface area contributed by atoms with E-state index in [9.17, 15) is 4.79 Å². The van der Waals surface area contributed by atoms with Crippen LogP contribution < -0.4 is 19.7 Å². The van der Waals surface area contributed by atoms with Crippen LogP contribution >= 0.6 is 0 Å². The number of ether oxygens (including phenoxy) is 2. The molecule has 3 aromatic rings. The zero-order chi connectivity index (χ0) is 20.3. The van der Waals surface area contributed by atoms with Gasteiger partial charge in [0.25, 0.3) is 0 Å². The fraction of sp³-hybridized carbons (Fsp3) is 0.333. The molecule has 1 unspecified atom stereocenters. The van der Waals surface area contributed by atoms with E-state index >= 15 is 0 Å². The molecule has 1 fully saturated rings. The smallest absolute Gasteiger partial charge is 0.231 e. The lowest BCUT2D eigenvalue weighted by atomic mass is 9.97. The van der Waals surface area contributed by atoms with Crippen LogP contribution in [0.2, 0.25) is 0 Å². The van der Waals surface area contributed by atoms with E-state index in [0.717, 1.165) is 42.3 Å². The van der Waals surface area contributed by atoms with Gasteiger partial charge in [-0.05, 0) is 48.7 Å². The van der Waals surface area contributed by atoms with Crippen LogP contribution in [0, 0.1) is 5.92 Å². The maximum absolute atomic E-state index is 12.8. The standard InChI is InChI=1S/C21H22N6O3/c28-21(22-12-15-4-5-17-18(11-15)30-14-29-17)16-3-1-9-26(13-16)19-6-7-20(25-24-19)27-10-2-8-23-27/h2,4-8,10-11,16H,1,3,9,12-14H2,(H,22,28). The predicted octanol–water partition coefficient (Wildman–Crippen LogP) is 1.92. The second-order valence-electron chi connectivity index (χ2n) is 7.39. The molecular weight excluding hydrogens is 384 g/mol. The molecule has 5 rings (SSSR count). The van der Waals surface area contributed by atoms with Crippen LogP contribution in [0.4, 0.5) is 5.82 Å². The Balaban J connectivity index is 1.19. The minimum atomic E-state index is -0.0830. The average Bonchev–Trinajstić information content (AvgIpc) is 3.49. The largest absolute Gasteiger partial charge is 0.454 e. The molecule has 2 aromatic heterocycles. The van der Waals surface area contributed by atoms with Crippen LogP contribution in [-0.4, -0.2) is 45.8 Å². The van der Waals surface area contributed by atoms with Gasteiger partial charge < -0.3 is 19.7 Å². The molecule has 0 radical (unpaired) electrons. The second-order valence-corrected chi connectivity index (χ2v) is 7.39. The SMILES string of the molecule is O=C(NCc1ccc2c(c1)OCO2)C1CCCN(c2ccc(-n3cccn3)nn2)C1. The number of amides is 1. The van der Waals surface area contributed by atoms with E-state index in [1.165, 1.54) is 0 Å². The first-order valence-electron chi connectivity index (χ1n) is 10.0. The lowest BCUT2D eigenvalue weighted by Gasteiger charge is -2.32. The van der Waals surface area contributed by atoms with Gasteiger partial charge in [0.1, 0.15) is 0 Å². The van der Waals surface area contributed by atoms with Crippen molar-refractivity contribution in [2.24, 2.45) is 5.92 Å². The van der Waals surface area contributed by atoms with Gasteiger partial charge in [0.15, 0.2) is 23.1 Å². The fourth-order valence-electron chi connectivity index (χ4n) is 3.80. The average molecular weight is 406 g/mol. The maximum atomic E-state index is 12.8. The number of carbonyl (C=O) groups is 1. The molecule has 0 saturated carbocycles. The Bertz CT molecular complexity index is 1020. The molecule has 4 heterocycles. The summed E-state index contributed by atoms with van der Waals surface area (Å²) in [5.74, 6) is 2.88. The number of anilines is 1. The number of aromatic nitrogens is 4. The number of rotatable bonds is 5. The molecule has 9 nitrogen and oxygen atoms in total. The summed E-state index contributed by atoms with van der Waals surface area (Å²) >= 11 is 0. The van der Waals surface area contributed by atoms with Crippen molar-refractivity contribution in [2.45, 2.75) is 19.4 Å². The number of hydrogen-bond acceptors (Lipinski definition) is 7. The first-order chi connectivity index (χ1) is 14.8. The van der Waals surface area contributed by atoms with E-state index in [-0.39, 0.29) is 18.6 Å². The molecule has 154 valence electrons. The molecule has 0 spiro atoms. The molecule has 9 heteroatoms. The number of benzene rings is 1. The molecule has 2 aliphatic heterocycles. The van der Waals surface area contributed by atoms with Crippen molar-refractivity contribution in [2.75, 3.05) is 24.8 Å². The number of carbonyl (C=O) groups excluding carboxylic acids is 1. The highest BCUT2D eigenvalue weighted by atomic mass is 16.7. The third-order valence-corrected chi connectivity index (χ3v) is 5.40. The maximum Gasteiger partial charge on any atom is 0.231 e. The Morgan fingerprint density at radius 1 is 1.13 bits per heavy atom. The normalized spacial score (nSPS) is 17.7. The summed E-state index contributed by atoms with van der Waals surface area (Å²) in [6.45, 7) is 2.20. The summed E-state index contributed by atoms with van der Waals surface area (Å²) in [6, 6.07) is 11.4. The van der Waals surface area contributed by atoms with Gasteiger partial charge in [-0.25, -0.2) is 4.68 Å². The monoisotopic (exact) mass is 406 g/mol. The quantitative estimate of drug-likeness (QED) is 0.692. The minimum Gasteiger partial charge on any atom is -0.454 e. The summed E-state index contributed by atoms with van der Waals surface area (Å²) in [5, 5.41) is 15.8. The minimum absolute atomic E-state index is 0.0542. The Morgan fingerprint density at radius 3 is 2.83 bits per heavy atom. The number of nitrogens with zero attached hydrogens (tertiary/aromatic N) is 5. The topological polar surface area (TPSA) is 94.4 Å². The molecule has 1 saturated heterocycles. The van der Waals surface area contributed by atoms with Crippen LogP contribution in [0.3, 0.4) is 0 Å². The highest BCUT2D eigenvalue weighted by molar-refractivity contribution is 5.79. The van der Waals surface area contributed by atoms with Gasteiger partial charge in [-0.3, -0.25) is 4.79 Å². The van der Waals surface area contributed by atoms with E-state index in [2.05, 4.69) is 25.5 Å². The predicted molar refractivity (Wildman–Crippen MR) is 109 cm³/mol. The number of piperidine rings is 1. The number of nitrogens with one attached hydrogen (secondary N) is 1. The van der Waals surface area contributed by atoms with Gasteiger partial charge in [0, 0.05) is 32.0 Å². The summed E-state index contributed by atoms with van der Waals surface area (Å²) in [7, 11) is 0. The molecule has 0 bridgehead atoms. The van der Waals surface area contributed by atoms with E-state index < -0.39 is 0 Å². The third kappa shape index (κ3) is 3.78. The van der Waals surface area contributed by atoms with Crippen LogP contribution in [0.25, 0.3) is 5.82 Å². The van der Waals surface area contributed by atoms with Gasteiger partial charge >= 0.3 is 0 Å². The highest BCUT2D eigenvalue weighted by Gasteiger charge is 2.26. The molecular formula is C21H22N6O3. The van der Waals surface area contributed by atoms with Gasteiger partial charge in [0.2, 0.25) is 12.7 Å². The van der Waals surface area contributed by atoms with Crippen LogP contribution in [0.15, 0.2) is 48.8 Å². The Labute approximate surface area is 173 Å². The second kappa shape index (κ2) is 8.02. The summed E-state index contributed by atoms with van der Waals surface area (Å²) < 4.78 is 12.4. The first kappa shape index (κ1) is 18.4. The first-order valence-corrected chi connectivity index (χ1v) is 10.0. The molecule has 1 N–H and O–H groups in total. The van der Waals surface area contributed by atoms with Crippen molar-refractivity contribution in [3.8, 4) is 17.3 Å². The zero-order valence-electron chi connectivity index (χ0n) is 16.4.